The Kier molecular flexibility index (Phi) is 5.02. The molecule has 1 saturated carbocycles. The molecule has 0 bridgehead atoms. The second-order valence-corrected chi connectivity index (χ2v) is 6.03. The van der Waals surface area contributed by atoms with Gasteiger partial charge in [-0.05, 0) is 38.5 Å². The van der Waals surface area contributed by atoms with Crippen LogP contribution < -0.4 is 5.32 Å². The van der Waals surface area contributed by atoms with E-state index >= 15 is 0 Å². The predicted molar refractivity (Wildman–Crippen MR) is 76.2 cm³/mol. The molecule has 0 aromatic rings. The molecule has 20 heavy (non-hydrogen) atoms. The summed E-state index contributed by atoms with van der Waals surface area (Å²) in [6.45, 7) is 6.63. The summed E-state index contributed by atoms with van der Waals surface area (Å²) in [7, 11) is 0. The molecule has 5 nitrogen and oxygen atoms in total. The van der Waals surface area contributed by atoms with Gasteiger partial charge in [-0.15, -0.1) is 0 Å². The third kappa shape index (κ3) is 3.51. The average molecular weight is 282 g/mol. The molecule has 0 radical (unpaired) electrons. The summed E-state index contributed by atoms with van der Waals surface area (Å²) >= 11 is 0. The van der Waals surface area contributed by atoms with E-state index in [1.54, 1.807) is 0 Å². The zero-order valence-electron chi connectivity index (χ0n) is 12.6. The lowest BCUT2D eigenvalue weighted by Crippen LogP contribution is -2.56. The van der Waals surface area contributed by atoms with Crippen LogP contribution in [0.3, 0.4) is 0 Å². The predicted octanol–water partition coefficient (Wildman–Crippen LogP) is 1.32. The molecule has 0 spiro atoms. The highest BCUT2D eigenvalue weighted by molar-refractivity contribution is 5.93. The van der Waals surface area contributed by atoms with Crippen molar-refractivity contribution in [3.8, 4) is 0 Å². The van der Waals surface area contributed by atoms with Crippen molar-refractivity contribution in [3.63, 3.8) is 0 Å². The standard InChI is InChI=1S/C15H26N2O3/c1-3-10-20-11-4-8-17-9-7-13(18)16-15(2,14(17)19)12-5-6-12/h12H,3-11H2,1-2H3,(H,16,18). The van der Waals surface area contributed by atoms with Gasteiger partial charge < -0.3 is 15.0 Å². The molecule has 1 N–H and O–H groups in total. The molecule has 1 unspecified atom stereocenters. The lowest BCUT2D eigenvalue weighted by atomic mass is 9.94. The smallest absolute Gasteiger partial charge is 0.248 e. The van der Waals surface area contributed by atoms with Crippen molar-refractivity contribution >= 4 is 11.8 Å². The van der Waals surface area contributed by atoms with Crippen LogP contribution in [0.15, 0.2) is 0 Å². The van der Waals surface area contributed by atoms with Crippen molar-refractivity contribution in [1.29, 1.82) is 0 Å². The van der Waals surface area contributed by atoms with Gasteiger partial charge >= 0.3 is 0 Å². The van der Waals surface area contributed by atoms with E-state index in [2.05, 4.69) is 12.2 Å². The minimum absolute atomic E-state index is 0.00233. The fourth-order valence-corrected chi connectivity index (χ4v) is 2.83. The molecule has 1 heterocycles. The Bertz CT molecular complexity index is 368. The van der Waals surface area contributed by atoms with Gasteiger partial charge in [-0.1, -0.05) is 6.92 Å². The van der Waals surface area contributed by atoms with Gasteiger partial charge in [-0.3, -0.25) is 9.59 Å². The highest BCUT2D eigenvalue weighted by Gasteiger charge is 2.50. The van der Waals surface area contributed by atoms with Crippen LogP contribution in [-0.2, 0) is 14.3 Å². The van der Waals surface area contributed by atoms with Crippen LogP contribution >= 0.6 is 0 Å². The van der Waals surface area contributed by atoms with E-state index < -0.39 is 5.54 Å². The molecule has 2 aliphatic rings. The van der Waals surface area contributed by atoms with Crippen molar-refractivity contribution in [2.24, 2.45) is 5.92 Å². The van der Waals surface area contributed by atoms with E-state index in [-0.39, 0.29) is 11.8 Å². The maximum atomic E-state index is 12.7. The van der Waals surface area contributed by atoms with Gasteiger partial charge in [-0.25, -0.2) is 0 Å². The van der Waals surface area contributed by atoms with Crippen molar-refractivity contribution < 1.29 is 14.3 Å². The molecule has 1 atom stereocenters. The molecule has 2 fully saturated rings. The van der Waals surface area contributed by atoms with Crippen LogP contribution in [0.2, 0.25) is 0 Å². The molecule has 2 amide bonds. The Morgan fingerprint density at radius 2 is 2.10 bits per heavy atom. The van der Waals surface area contributed by atoms with Crippen LogP contribution in [0.25, 0.3) is 0 Å². The average Bonchev–Trinajstić information content (AvgIpc) is 3.25. The van der Waals surface area contributed by atoms with Crippen LogP contribution in [0, 0.1) is 5.92 Å². The van der Waals surface area contributed by atoms with Gasteiger partial charge in [0.25, 0.3) is 0 Å². The third-order valence-electron chi connectivity index (χ3n) is 4.20. The number of rotatable bonds is 7. The summed E-state index contributed by atoms with van der Waals surface area (Å²) in [5, 5.41) is 2.95. The summed E-state index contributed by atoms with van der Waals surface area (Å²) in [5.74, 6) is 0.398. The monoisotopic (exact) mass is 282 g/mol. The normalized spacial score (nSPS) is 27.4. The molecular formula is C15H26N2O3. The van der Waals surface area contributed by atoms with E-state index in [9.17, 15) is 9.59 Å². The summed E-state index contributed by atoms with van der Waals surface area (Å²) in [4.78, 5) is 26.3. The number of hydrogen-bond acceptors (Lipinski definition) is 3. The van der Waals surface area contributed by atoms with E-state index in [4.69, 9.17) is 4.74 Å². The Hall–Kier alpha value is -1.10. The minimum Gasteiger partial charge on any atom is -0.381 e. The highest BCUT2D eigenvalue weighted by atomic mass is 16.5. The molecule has 0 aromatic carbocycles. The molecule has 5 heteroatoms. The molecule has 0 aromatic heterocycles. The topological polar surface area (TPSA) is 58.6 Å². The van der Waals surface area contributed by atoms with E-state index in [0.717, 1.165) is 32.3 Å². The van der Waals surface area contributed by atoms with Gasteiger partial charge in [0.05, 0.1) is 0 Å². The van der Waals surface area contributed by atoms with Gasteiger partial charge in [0, 0.05) is 32.7 Å². The Morgan fingerprint density at radius 1 is 1.35 bits per heavy atom. The van der Waals surface area contributed by atoms with E-state index in [1.165, 1.54) is 0 Å². The number of nitrogens with zero attached hydrogens (tertiary/aromatic N) is 1. The summed E-state index contributed by atoms with van der Waals surface area (Å²) in [6, 6.07) is 0. The van der Waals surface area contributed by atoms with E-state index in [1.807, 2.05) is 11.8 Å². The quantitative estimate of drug-likeness (QED) is 0.717. The SMILES string of the molecule is CCCOCCCN1CCC(=O)NC(C)(C2CC2)C1=O. The molecule has 1 saturated heterocycles. The fourth-order valence-electron chi connectivity index (χ4n) is 2.83. The zero-order valence-corrected chi connectivity index (χ0v) is 12.6. The van der Waals surface area contributed by atoms with Gasteiger partial charge in [0.2, 0.25) is 11.8 Å². The summed E-state index contributed by atoms with van der Waals surface area (Å²) in [6.07, 6.45) is 4.33. The van der Waals surface area contributed by atoms with Crippen LogP contribution in [0.4, 0.5) is 0 Å². The number of ether oxygens (including phenoxy) is 1. The van der Waals surface area contributed by atoms with Crippen LogP contribution in [0.5, 0.6) is 0 Å². The first-order valence-corrected chi connectivity index (χ1v) is 7.76. The molecular weight excluding hydrogens is 256 g/mol. The van der Waals surface area contributed by atoms with Gasteiger partial charge in [-0.2, -0.15) is 0 Å². The Balaban J connectivity index is 1.90. The zero-order chi connectivity index (χ0) is 14.6. The fraction of sp³-hybridized carbons (Fsp3) is 0.867. The van der Waals surface area contributed by atoms with Crippen LogP contribution in [0.1, 0.15) is 46.0 Å². The van der Waals surface area contributed by atoms with Crippen molar-refractivity contribution in [2.75, 3.05) is 26.3 Å². The lowest BCUT2D eigenvalue weighted by molar-refractivity contribution is -0.139. The number of carbonyl (C=O) groups is 2. The molecule has 114 valence electrons. The molecule has 1 aliphatic carbocycles. The highest BCUT2D eigenvalue weighted by Crippen LogP contribution is 2.41. The summed E-state index contributed by atoms with van der Waals surface area (Å²) in [5.41, 5.74) is -0.683. The Morgan fingerprint density at radius 3 is 2.75 bits per heavy atom. The van der Waals surface area contributed by atoms with Crippen molar-refractivity contribution in [1.82, 2.24) is 10.2 Å². The maximum Gasteiger partial charge on any atom is 0.248 e. The Labute approximate surface area is 121 Å². The lowest BCUT2D eigenvalue weighted by Gasteiger charge is -2.32. The van der Waals surface area contributed by atoms with Crippen molar-refractivity contribution in [2.45, 2.75) is 51.5 Å². The molecule has 2 rings (SSSR count). The third-order valence-corrected chi connectivity index (χ3v) is 4.20. The second kappa shape index (κ2) is 6.57. The first kappa shape index (κ1) is 15.3. The minimum atomic E-state index is -0.683. The maximum absolute atomic E-state index is 12.7. The number of hydrogen-bond donors (Lipinski definition) is 1. The number of carbonyl (C=O) groups excluding carboxylic acids is 2. The molecule has 1 aliphatic heterocycles. The largest absolute Gasteiger partial charge is 0.381 e. The van der Waals surface area contributed by atoms with E-state index in [0.29, 0.717) is 32.0 Å². The van der Waals surface area contributed by atoms with Gasteiger partial charge in [0.15, 0.2) is 0 Å². The second-order valence-electron chi connectivity index (χ2n) is 6.03. The van der Waals surface area contributed by atoms with Crippen molar-refractivity contribution in [3.05, 3.63) is 0 Å². The number of nitrogens with one attached hydrogen (secondary N) is 1. The first-order valence-electron chi connectivity index (χ1n) is 7.76. The number of amides is 2. The summed E-state index contributed by atoms with van der Waals surface area (Å²) < 4.78 is 5.45. The van der Waals surface area contributed by atoms with Crippen LogP contribution in [-0.4, -0.2) is 48.6 Å². The first-order chi connectivity index (χ1) is 9.58. The van der Waals surface area contributed by atoms with Gasteiger partial charge in [0.1, 0.15) is 5.54 Å².